The molecule has 5 aliphatic heterocycles. The van der Waals surface area contributed by atoms with Crippen LogP contribution in [0.1, 0.15) is 121 Å². The minimum absolute atomic E-state index is 0.188. The highest BCUT2D eigenvalue weighted by molar-refractivity contribution is 7.99. The molecule has 0 radical (unpaired) electrons. The van der Waals surface area contributed by atoms with Crippen molar-refractivity contribution in [3.63, 3.8) is 0 Å². The van der Waals surface area contributed by atoms with Gasteiger partial charge in [-0.25, -0.2) is 19.2 Å². The topological polar surface area (TPSA) is 211 Å². The van der Waals surface area contributed by atoms with Crippen molar-refractivity contribution >= 4 is 70.2 Å². The molecule has 0 bridgehead atoms. The van der Waals surface area contributed by atoms with Gasteiger partial charge < -0.3 is 35.4 Å². The molecule has 0 aliphatic carbocycles. The van der Waals surface area contributed by atoms with Crippen LogP contribution in [0.4, 0.5) is 26.4 Å². The van der Waals surface area contributed by atoms with E-state index in [2.05, 4.69) is 57.0 Å². The molecule has 3 saturated heterocycles. The van der Waals surface area contributed by atoms with E-state index in [0.717, 1.165) is 72.6 Å². The fourth-order valence-electron chi connectivity index (χ4n) is 10.8. The second kappa shape index (κ2) is 22.7. The Morgan fingerprint density at radius 2 is 1.65 bits per heavy atom. The minimum Gasteiger partial charge on any atom is -0.444 e. The van der Waals surface area contributed by atoms with Crippen molar-refractivity contribution in [2.45, 2.75) is 119 Å². The summed E-state index contributed by atoms with van der Waals surface area (Å²) in [7, 11) is 0. The molecule has 7 heterocycles. The van der Waals surface area contributed by atoms with Crippen molar-refractivity contribution in [2.24, 2.45) is 0 Å². The van der Waals surface area contributed by atoms with E-state index in [1.165, 1.54) is 28.3 Å². The molecule has 78 heavy (non-hydrogen) atoms. The average Bonchev–Trinajstić information content (AvgIpc) is 3.91. The molecule has 406 valence electrons. The number of carbonyl (C=O) groups is 6. The van der Waals surface area contributed by atoms with Gasteiger partial charge in [-0.15, -0.1) is 0 Å². The Morgan fingerprint density at radius 1 is 0.846 bits per heavy atom. The van der Waals surface area contributed by atoms with Crippen LogP contribution in [0.3, 0.4) is 0 Å². The number of ether oxygens (including phenoxy) is 1. The maximum Gasteiger partial charge on any atom is 0.408 e. The smallest absolute Gasteiger partial charge is 0.408 e. The number of anilines is 3. The number of halogens is 1. The summed E-state index contributed by atoms with van der Waals surface area (Å²) in [5.41, 5.74) is 4.87. The van der Waals surface area contributed by atoms with Gasteiger partial charge in [0, 0.05) is 98.3 Å². The van der Waals surface area contributed by atoms with E-state index in [1.807, 2.05) is 58.0 Å². The Labute approximate surface area is 457 Å². The van der Waals surface area contributed by atoms with Crippen molar-refractivity contribution in [3.8, 4) is 0 Å². The van der Waals surface area contributed by atoms with Crippen LogP contribution >= 0.6 is 11.8 Å². The summed E-state index contributed by atoms with van der Waals surface area (Å²) in [6, 6.07) is 20.8. The number of nitrogens with one attached hydrogen (secondary N) is 4. The molecule has 0 spiro atoms. The average molecular weight is 1080 g/mol. The van der Waals surface area contributed by atoms with Gasteiger partial charge in [-0.05, 0) is 137 Å². The van der Waals surface area contributed by atoms with Crippen molar-refractivity contribution < 1.29 is 37.9 Å². The number of aromatic nitrogens is 3. The summed E-state index contributed by atoms with van der Waals surface area (Å²) < 4.78 is 21.2. The summed E-state index contributed by atoms with van der Waals surface area (Å²) in [5.74, 6) is -1.44. The quantitative estimate of drug-likeness (QED) is 0.0832. The van der Waals surface area contributed by atoms with Gasteiger partial charge >= 0.3 is 6.09 Å². The number of hydrogen-bond donors (Lipinski definition) is 4. The number of nitrogens with zero attached hydrogens (tertiary/aromatic N) is 7. The second-order valence-electron chi connectivity index (χ2n) is 21.8. The van der Waals surface area contributed by atoms with E-state index in [4.69, 9.17) is 4.74 Å². The number of carbonyl (C=O) groups excluding carboxylic acids is 6. The van der Waals surface area contributed by atoms with E-state index in [1.54, 1.807) is 55.0 Å². The molecule has 20 heteroatoms. The predicted molar refractivity (Wildman–Crippen MR) is 293 cm³/mol. The number of alkyl carbamates (subject to hydrolysis) is 1. The molecule has 3 aromatic carbocycles. The third kappa shape index (κ3) is 12.7. The Hall–Kier alpha value is -7.71. The van der Waals surface area contributed by atoms with Gasteiger partial charge in [0.25, 0.3) is 17.7 Å². The van der Waals surface area contributed by atoms with Gasteiger partial charge in [0.2, 0.25) is 11.8 Å². The highest BCUT2D eigenvalue weighted by Gasteiger charge is 2.39. The Balaban J connectivity index is 0.649. The molecular formula is C58H64FN11O7S. The molecule has 5 aliphatic rings. The first-order chi connectivity index (χ1) is 37.4. The van der Waals surface area contributed by atoms with Gasteiger partial charge in [-0.2, -0.15) is 0 Å². The van der Waals surface area contributed by atoms with Crippen molar-refractivity contribution in [1.82, 2.24) is 40.7 Å². The monoisotopic (exact) mass is 1080 g/mol. The van der Waals surface area contributed by atoms with Crippen LogP contribution in [-0.4, -0.2) is 123 Å². The lowest BCUT2D eigenvalue weighted by Gasteiger charge is -2.40. The van der Waals surface area contributed by atoms with Crippen LogP contribution < -0.4 is 31.1 Å². The van der Waals surface area contributed by atoms with Gasteiger partial charge in [0.05, 0.1) is 18.1 Å². The summed E-state index contributed by atoms with van der Waals surface area (Å²) in [4.78, 5) is 98.9. The second-order valence-corrected chi connectivity index (χ2v) is 22.9. The molecule has 3 fully saturated rings. The van der Waals surface area contributed by atoms with Gasteiger partial charge in [-0.1, -0.05) is 42.1 Å². The third-order valence-corrected chi connectivity index (χ3v) is 16.0. The number of piperidine rings is 3. The maximum atomic E-state index is 15.7. The van der Waals surface area contributed by atoms with Crippen LogP contribution in [0.5, 0.6) is 0 Å². The number of pyridine rings is 1. The Bertz CT molecular complexity index is 3150. The molecule has 1 unspecified atom stereocenters. The zero-order chi connectivity index (χ0) is 54.7. The van der Waals surface area contributed by atoms with Crippen molar-refractivity contribution in [3.05, 3.63) is 137 Å². The van der Waals surface area contributed by atoms with E-state index in [0.29, 0.717) is 66.3 Å². The summed E-state index contributed by atoms with van der Waals surface area (Å²) in [5, 5.41) is 11.9. The first-order valence-electron chi connectivity index (χ1n) is 26.6. The Morgan fingerprint density at radius 3 is 2.35 bits per heavy atom. The van der Waals surface area contributed by atoms with Gasteiger partial charge in [0.1, 0.15) is 34.0 Å². The molecule has 6 amide bonds. The number of hydrogen-bond acceptors (Lipinski definition) is 14. The molecular weight excluding hydrogens is 1010 g/mol. The van der Waals surface area contributed by atoms with Crippen LogP contribution in [-0.2, 0) is 27.4 Å². The molecule has 18 nitrogen and oxygen atoms in total. The molecule has 1 atom stereocenters. The molecule has 10 rings (SSSR count). The summed E-state index contributed by atoms with van der Waals surface area (Å²) in [6.07, 6.45) is 11.6. The van der Waals surface area contributed by atoms with Crippen LogP contribution in [0.15, 0.2) is 107 Å². The van der Waals surface area contributed by atoms with E-state index < -0.39 is 35.4 Å². The maximum absolute atomic E-state index is 15.7. The van der Waals surface area contributed by atoms with Crippen molar-refractivity contribution in [2.75, 3.05) is 54.4 Å². The fraction of sp³-hybridized carbons (Fsp3) is 0.397. The fourth-order valence-corrected chi connectivity index (χ4v) is 11.6. The standard InChI is InChI=1S/C58H64FN11O7S/c1-57(2,3)77-56(76)66-58(4)20-26-69(27-21-58)49-33-62-51(34-61-49)78-43-7-5-6-41(30-43)64-52(72)38-10-13-47(45(59)29-38)68-24-18-42(19-25-68)67-22-16-37(17-23-67)39-9-12-46(60-32-39)53(73)63-31-36-8-11-44-40(28-36)35-70(55(44)75)48-14-15-50(71)65-54(48)74/h5-13,16,28-30,32-34,42,48H,14-15,17-27,31,35H2,1-4H3,(H,63,73)(H,64,72)(H,66,76)(H,65,71,74). The minimum atomic E-state index is -0.688. The van der Waals surface area contributed by atoms with Crippen LogP contribution in [0.2, 0.25) is 0 Å². The molecule has 4 N–H and O–H groups in total. The SMILES string of the molecule is CC1(NC(=O)OC(C)(C)C)CCN(c2cnc(Sc3cccc(NC(=O)c4ccc(N5CCC(N6CC=C(c7ccc(C(=O)NCc8ccc9c(c8)CN(C8CCC(=O)NC8=O)C9=O)nc7)CC6)CC5)c(F)c4)c3)cn2)CC1. The predicted octanol–water partition coefficient (Wildman–Crippen LogP) is 7.75. The highest BCUT2D eigenvalue weighted by atomic mass is 32.2. The lowest BCUT2D eigenvalue weighted by atomic mass is 9.90. The largest absolute Gasteiger partial charge is 0.444 e. The number of rotatable bonds is 13. The molecule has 5 aromatic rings. The first-order valence-corrected chi connectivity index (χ1v) is 27.4. The first kappa shape index (κ1) is 53.7. The zero-order valence-corrected chi connectivity index (χ0v) is 45.1. The number of fused-ring (bicyclic) bond motifs is 1. The number of amides is 6. The Kier molecular flexibility index (Phi) is 15.6. The van der Waals surface area contributed by atoms with Crippen LogP contribution in [0.25, 0.3) is 5.57 Å². The molecule has 0 saturated carbocycles. The lowest BCUT2D eigenvalue weighted by molar-refractivity contribution is -0.136. The van der Waals surface area contributed by atoms with Gasteiger partial charge in [0.15, 0.2) is 0 Å². The van der Waals surface area contributed by atoms with Crippen LogP contribution in [0, 0.1) is 5.82 Å². The van der Waals surface area contributed by atoms with Gasteiger partial charge in [-0.3, -0.25) is 39.2 Å². The highest BCUT2D eigenvalue weighted by Crippen LogP contribution is 2.33. The van der Waals surface area contributed by atoms with E-state index >= 15 is 4.39 Å². The molecule has 2 aromatic heterocycles. The number of imide groups is 1. The van der Waals surface area contributed by atoms with Crippen molar-refractivity contribution in [1.29, 1.82) is 0 Å². The summed E-state index contributed by atoms with van der Waals surface area (Å²) >= 11 is 1.42. The number of benzene rings is 3. The summed E-state index contributed by atoms with van der Waals surface area (Å²) in [6.45, 7) is 12.5. The normalized spacial score (nSPS) is 18.9. The zero-order valence-electron chi connectivity index (χ0n) is 44.3. The third-order valence-electron chi connectivity index (χ3n) is 15.1. The van der Waals surface area contributed by atoms with E-state index in [9.17, 15) is 28.8 Å². The van der Waals surface area contributed by atoms with E-state index in [-0.39, 0.29) is 48.3 Å². The lowest BCUT2D eigenvalue weighted by Crippen LogP contribution is -2.54.